The zero-order chi connectivity index (χ0) is 16.9. The van der Waals surface area contributed by atoms with Gasteiger partial charge in [0, 0.05) is 5.56 Å². The van der Waals surface area contributed by atoms with Gasteiger partial charge >= 0.3 is 0 Å². The minimum atomic E-state index is -0.0249. The molecule has 0 saturated heterocycles. The Labute approximate surface area is 145 Å². The van der Waals surface area contributed by atoms with Crippen LogP contribution in [0, 0.1) is 0 Å². The summed E-state index contributed by atoms with van der Waals surface area (Å²) >= 11 is 6.12. The molecule has 0 fully saturated rings. The number of fused-ring (bicyclic) bond motifs is 1. The molecule has 0 bridgehead atoms. The summed E-state index contributed by atoms with van der Waals surface area (Å²) in [6.45, 7) is 2.28. The highest BCUT2D eigenvalue weighted by Gasteiger charge is 2.06. The first kappa shape index (κ1) is 16.3. The first-order valence-electron chi connectivity index (χ1n) is 7.68. The number of hydrogen-bond acceptors (Lipinski definition) is 3. The highest BCUT2D eigenvalue weighted by atomic mass is 35.5. The summed E-state index contributed by atoms with van der Waals surface area (Å²) in [4.78, 5) is 11.3. The van der Waals surface area contributed by atoms with Crippen molar-refractivity contribution in [3.05, 3.63) is 71.2 Å². The standard InChI is InChI=1S/C20H17ClO3/c1-14(22)16-7-9-20(19(21)13-16)24-11-10-23-18-8-6-15-4-2-3-5-17(15)12-18/h2-9,12-13H,10-11H2,1H3. The molecule has 3 rings (SSSR count). The van der Waals surface area contributed by atoms with Gasteiger partial charge in [-0.15, -0.1) is 0 Å². The van der Waals surface area contributed by atoms with Crippen LogP contribution in [0.5, 0.6) is 11.5 Å². The van der Waals surface area contributed by atoms with Gasteiger partial charge in [0.15, 0.2) is 5.78 Å². The molecule has 0 aliphatic rings. The van der Waals surface area contributed by atoms with E-state index in [0.717, 1.165) is 11.1 Å². The Morgan fingerprint density at radius 3 is 2.42 bits per heavy atom. The molecule has 122 valence electrons. The Bertz CT molecular complexity index is 874. The Balaban J connectivity index is 1.55. The second-order valence-corrected chi connectivity index (χ2v) is 5.81. The quantitative estimate of drug-likeness (QED) is 0.459. The normalized spacial score (nSPS) is 10.6. The van der Waals surface area contributed by atoms with E-state index in [1.54, 1.807) is 18.2 Å². The first-order valence-corrected chi connectivity index (χ1v) is 8.06. The minimum Gasteiger partial charge on any atom is -0.490 e. The van der Waals surface area contributed by atoms with E-state index in [4.69, 9.17) is 21.1 Å². The number of Topliss-reactive ketones (excluding diaryl/α,β-unsaturated/α-hetero) is 1. The second-order valence-electron chi connectivity index (χ2n) is 5.41. The van der Waals surface area contributed by atoms with E-state index in [9.17, 15) is 4.79 Å². The molecule has 0 aliphatic heterocycles. The van der Waals surface area contributed by atoms with Gasteiger partial charge in [0.25, 0.3) is 0 Å². The summed E-state index contributed by atoms with van der Waals surface area (Å²) < 4.78 is 11.3. The van der Waals surface area contributed by atoms with E-state index in [1.807, 2.05) is 30.3 Å². The van der Waals surface area contributed by atoms with Crippen molar-refractivity contribution < 1.29 is 14.3 Å². The summed E-state index contributed by atoms with van der Waals surface area (Å²) in [5.41, 5.74) is 0.569. The van der Waals surface area contributed by atoms with Crippen molar-refractivity contribution in [2.75, 3.05) is 13.2 Å². The Hall–Kier alpha value is -2.52. The molecule has 0 N–H and O–H groups in total. The Morgan fingerprint density at radius 2 is 1.67 bits per heavy atom. The number of benzene rings is 3. The number of carbonyl (C=O) groups is 1. The zero-order valence-corrected chi connectivity index (χ0v) is 14.0. The van der Waals surface area contributed by atoms with E-state index in [-0.39, 0.29) is 5.78 Å². The highest BCUT2D eigenvalue weighted by Crippen LogP contribution is 2.26. The molecule has 0 unspecified atom stereocenters. The molecule has 0 aliphatic carbocycles. The highest BCUT2D eigenvalue weighted by molar-refractivity contribution is 6.32. The van der Waals surface area contributed by atoms with Gasteiger partial charge in [-0.3, -0.25) is 4.79 Å². The molecule has 4 heteroatoms. The van der Waals surface area contributed by atoms with E-state index in [0.29, 0.717) is 29.5 Å². The smallest absolute Gasteiger partial charge is 0.159 e. The van der Waals surface area contributed by atoms with Crippen molar-refractivity contribution in [2.24, 2.45) is 0 Å². The molecule has 3 aromatic carbocycles. The van der Waals surface area contributed by atoms with Crippen molar-refractivity contribution >= 4 is 28.2 Å². The van der Waals surface area contributed by atoms with Crippen LogP contribution in [0.15, 0.2) is 60.7 Å². The third-order valence-corrected chi connectivity index (χ3v) is 3.96. The molecule has 0 spiro atoms. The van der Waals surface area contributed by atoms with Crippen LogP contribution in [0.3, 0.4) is 0 Å². The molecule has 24 heavy (non-hydrogen) atoms. The lowest BCUT2D eigenvalue weighted by Gasteiger charge is -2.10. The number of carbonyl (C=O) groups excluding carboxylic acids is 1. The molecule has 0 heterocycles. The summed E-state index contributed by atoms with van der Waals surface area (Å²) in [6.07, 6.45) is 0. The van der Waals surface area contributed by atoms with Crippen molar-refractivity contribution in [1.29, 1.82) is 0 Å². The average molecular weight is 341 g/mol. The van der Waals surface area contributed by atoms with Crippen molar-refractivity contribution in [1.82, 2.24) is 0 Å². The maximum Gasteiger partial charge on any atom is 0.159 e. The largest absolute Gasteiger partial charge is 0.490 e. The third kappa shape index (κ3) is 3.87. The maximum absolute atomic E-state index is 11.3. The number of rotatable bonds is 6. The van der Waals surface area contributed by atoms with Crippen LogP contribution in [0.25, 0.3) is 10.8 Å². The van der Waals surface area contributed by atoms with Crippen LogP contribution in [0.1, 0.15) is 17.3 Å². The molecule has 0 saturated carbocycles. The van der Waals surface area contributed by atoms with Gasteiger partial charge in [-0.1, -0.05) is 41.9 Å². The summed E-state index contributed by atoms with van der Waals surface area (Å²) in [7, 11) is 0. The molecule has 0 radical (unpaired) electrons. The first-order chi connectivity index (χ1) is 11.6. The van der Waals surface area contributed by atoms with Gasteiger partial charge in [0.05, 0.1) is 5.02 Å². The van der Waals surface area contributed by atoms with Crippen LogP contribution < -0.4 is 9.47 Å². The lowest BCUT2D eigenvalue weighted by molar-refractivity contribution is 0.101. The van der Waals surface area contributed by atoms with Gasteiger partial charge in [-0.05, 0) is 48.0 Å². The average Bonchev–Trinajstić information content (AvgIpc) is 2.59. The van der Waals surface area contributed by atoms with Gasteiger partial charge < -0.3 is 9.47 Å². The molecular formula is C20H17ClO3. The number of ketones is 1. The lowest BCUT2D eigenvalue weighted by atomic mass is 10.1. The van der Waals surface area contributed by atoms with Gasteiger partial charge in [-0.2, -0.15) is 0 Å². The number of ether oxygens (including phenoxy) is 2. The predicted molar refractivity (Wildman–Crippen MR) is 96.4 cm³/mol. The second kappa shape index (κ2) is 7.37. The number of hydrogen-bond donors (Lipinski definition) is 0. The van der Waals surface area contributed by atoms with Crippen LogP contribution in [0.2, 0.25) is 5.02 Å². The third-order valence-electron chi connectivity index (χ3n) is 3.67. The SMILES string of the molecule is CC(=O)c1ccc(OCCOc2ccc3ccccc3c2)c(Cl)c1. The van der Waals surface area contributed by atoms with Gasteiger partial charge in [0.2, 0.25) is 0 Å². The lowest BCUT2D eigenvalue weighted by Crippen LogP contribution is -2.09. The molecule has 0 atom stereocenters. The maximum atomic E-state index is 11.3. The Kier molecular flexibility index (Phi) is 5.02. The topological polar surface area (TPSA) is 35.5 Å². The van der Waals surface area contributed by atoms with E-state index >= 15 is 0 Å². The predicted octanol–water partition coefficient (Wildman–Crippen LogP) is 5.15. The summed E-state index contributed by atoms with van der Waals surface area (Å²) in [6, 6.07) is 19.1. The molecule has 0 amide bonds. The minimum absolute atomic E-state index is 0.0249. The summed E-state index contributed by atoms with van der Waals surface area (Å²) in [5.74, 6) is 1.32. The fraction of sp³-hybridized carbons (Fsp3) is 0.150. The van der Waals surface area contributed by atoms with Gasteiger partial charge in [0.1, 0.15) is 24.7 Å². The van der Waals surface area contributed by atoms with E-state index < -0.39 is 0 Å². The fourth-order valence-electron chi connectivity index (χ4n) is 2.41. The molecule has 3 nitrogen and oxygen atoms in total. The van der Waals surface area contributed by atoms with Crippen LogP contribution >= 0.6 is 11.6 Å². The summed E-state index contributed by atoms with van der Waals surface area (Å²) in [5, 5.41) is 2.74. The van der Waals surface area contributed by atoms with Crippen molar-refractivity contribution in [2.45, 2.75) is 6.92 Å². The van der Waals surface area contributed by atoms with Crippen LogP contribution in [-0.2, 0) is 0 Å². The van der Waals surface area contributed by atoms with Crippen LogP contribution in [0.4, 0.5) is 0 Å². The zero-order valence-electron chi connectivity index (χ0n) is 13.3. The number of halogens is 1. The van der Waals surface area contributed by atoms with Gasteiger partial charge in [-0.25, -0.2) is 0 Å². The molecular weight excluding hydrogens is 324 g/mol. The fourth-order valence-corrected chi connectivity index (χ4v) is 2.64. The van der Waals surface area contributed by atoms with Crippen LogP contribution in [-0.4, -0.2) is 19.0 Å². The van der Waals surface area contributed by atoms with Crippen molar-refractivity contribution in [3.63, 3.8) is 0 Å². The van der Waals surface area contributed by atoms with E-state index in [1.165, 1.54) is 12.3 Å². The monoisotopic (exact) mass is 340 g/mol. The molecule has 0 aromatic heterocycles. The Morgan fingerprint density at radius 1 is 0.917 bits per heavy atom. The van der Waals surface area contributed by atoms with E-state index in [2.05, 4.69) is 12.1 Å². The molecule has 3 aromatic rings. The van der Waals surface area contributed by atoms with Crippen molar-refractivity contribution in [3.8, 4) is 11.5 Å².